The summed E-state index contributed by atoms with van der Waals surface area (Å²) < 4.78 is 12.6. The van der Waals surface area contributed by atoms with Crippen LogP contribution >= 0.6 is 0 Å². The fourth-order valence-electron chi connectivity index (χ4n) is 1.75. The Morgan fingerprint density at radius 1 is 1.67 bits per heavy atom. The van der Waals surface area contributed by atoms with Crippen LogP contribution in [0.25, 0.3) is 0 Å². The SMILES string of the molecule is N[C@]12C[N]C[C@@H]1[C@H](F)C2. The van der Waals surface area contributed by atoms with Gasteiger partial charge in [-0.05, 0) is 6.42 Å². The number of nitrogens with two attached hydrogens (primary N) is 1. The third kappa shape index (κ3) is 0.563. The lowest BCUT2D eigenvalue weighted by atomic mass is 9.68. The van der Waals surface area contributed by atoms with Crippen molar-refractivity contribution in [3.05, 3.63) is 0 Å². The second-order valence-electron chi connectivity index (χ2n) is 3.12. The first-order valence-electron chi connectivity index (χ1n) is 3.28. The summed E-state index contributed by atoms with van der Waals surface area (Å²) in [6.45, 7) is 1.33. The number of alkyl halides is 1. The average Bonchev–Trinajstić information content (AvgIpc) is 2.06. The molecule has 1 aliphatic carbocycles. The van der Waals surface area contributed by atoms with Crippen molar-refractivity contribution in [2.45, 2.75) is 18.1 Å². The van der Waals surface area contributed by atoms with Gasteiger partial charge < -0.3 is 5.73 Å². The maximum absolute atomic E-state index is 12.6. The van der Waals surface area contributed by atoms with Crippen LogP contribution < -0.4 is 11.1 Å². The van der Waals surface area contributed by atoms with E-state index in [2.05, 4.69) is 5.32 Å². The summed E-state index contributed by atoms with van der Waals surface area (Å²) in [6, 6.07) is 0. The van der Waals surface area contributed by atoms with Crippen molar-refractivity contribution in [2.24, 2.45) is 11.7 Å². The molecule has 0 aromatic carbocycles. The molecule has 2 rings (SSSR count). The van der Waals surface area contributed by atoms with E-state index in [0.29, 0.717) is 19.5 Å². The Kier molecular flexibility index (Phi) is 0.916. The van der Waals surface area contributed by atoms with E-state index in [1.54, 1.807) is 0 Å². The zero-order chi connectivity index (χ0) is 6.48. The molecular weight excluding hydrogens is 119 g/mol. The van der Waals surface area contributed by atoms with Crippen LogP contribution in [0, 0.1) is 5.92 Å². The lowest BCUT2D eigenvalue weighted by Gasteiger charge is -2.43. The first-order chi connectivity index (χ1) is 4.22. The van der Waals surface area contributed by atoms with Crippen LogP contribution in [0.2, 0.25) is 0 Å². The van der Waals surface area contributed by atoms with Gasteiger partial charge in [0.25, 0.3) is 0 Å². The topological polar surface area (TPSA) is 40.1 Å². The van der Waals surface area contributed by atoms with E-state index in [1.165, 1.54) is 0 Å². The minimum atomic E-state index is -0.666. The average molecular weight is 129 g/mol. The Morgan fingerprint density at radius 2 is 2.44 bits per heavy atom. The fraction of sp³-hybridized carbons (Fsp3) is 1.00. The van der Waals surface area contributed by atoms with Gasteiger partial charge in [-0.3, -0.25) is 0 Å². The van der Waals surface area contributed by atoms with E-state index in [0.717, 1.165) is 0 Å². The number of nitrogens with zero attached hydrogens (tertiary/aromatic N) is 1. The Labute approximate surface area is 53.6 Å². The highest BCUT2D eigenvalue weighted by Gasteiger charge is 2.55. The lowest BCUT2D eigenvalue weighted by Crippen LogP contribution is -2.61. The van der Waals surface area contributed by atoms with Crippen molar-refractivity contribution >= 4 is 0 Å². The van der Waals surface area contributed by atoms with Crippen molar-refractivity contribution in [2.75, 3.05) is 13.1 Å². The van der Waals surface area contributed by atoms with E-state index < -0.39 is 6.17 Å². The molecule has 3 atom stereocenters. The van der Waals surface area contributed by atoms with Crippen molar-refractivity contribution in [1.29, 1.82) is 0 Å². The van der Waals surface area contributed by atoms with Gasteiger partial charge in [0.15, 0.2) is 0 Å². The first-order valence-corrected chi connectivity index (χ1v) is 3.28. The predicted octanol–water partition coefficient (Wildman–Crippen LogP) is -0.340. The van der Waals surface area contributed by atoms with Crippen LogP contribution in [0.4, 0.5) is 4.39 Å². The van der Waals surface area contributed by atoms with E-state index in [4.69, 9.17) is 5.73 Å². The fourth-order valence-corrected chi connectivity index (χ4v) is 1.75. The van der Waals surface area contributed by atoms with Crippen molar-refractivity contribution in [3.8, 4) is 0 Å². The molecule has 0 aromatic rings. The molecule has 2 N–H and O–H groups in total. The summed E-state index contributed by atoms with van der Waals surface area (Å²) in [7, 11) is 0. The molecule has 2 nitrogen and oxygen atoms in total. The van der Waals surface area contributed by atoms with Gasteiger partial charge in [-0.1, -0.05) is 0 Å². The van der Waals surface area contributed by atoms with Crippen LogP contribution in [-0.4, -0.2) is 24.8 Å². The second-order valence-corrected chi connectivity index (χ2v) is 3.12. The summed E-state index contributed by atoms with van der Waals surface area (Å²) in [5.41, 5.74) is 5.53. The quantitative estimate of drug-likeness (QED) is 0.477. The maximum atomic E-state index is 12.6. The molecule has 51 valence electrons. The number of rotatable bonds is 0. The van der Waals surface area contributed by atoms with Crippen molar-refractivity contribution in [1.82, 2.24) is 5.32 Å². The summed E-state index contributed by atoms with van der Waals surface area (Å²) in [5, 5.41) is 4.07. The number of hydrogen-bond donors (Lipinski definition) is 1. The molecule has 1 saturated heterocycles. The highest BCUT2D eigenvalue weighted by atomic mass is 19.1. The highest BCUT2D eigenvalue weighted by Crippen LogP contribution is 2.41. The van der Waals surface area contributed by atoms with Gasteiger partial charge >= 0.3 is 0 Å². The Hall–Kier alpha value is -0.150. The zero-order valence-corrected chi connectivity index (χ0v) is 5.18. The van der Waals surface area contributed by atoms with Crippen LogP contribution in [0.3, 0.4) is 0 Å². The normalized spacial score (nSPS) is 56.7. The molecule has 0 bridgehead atoms. The lowest BCUT2D eigenvalue weighted by molar-refractivity contribution is 0.0462. The number of halogens is 1. The molecule has 1 aliphatic heterocycles. The van der Waals surface area contributed by atoms with Crippen molar-refractivity contribution in [3.63, 3.8) is 0 Å². The molecule has 0 aromatic heterocycles. The van der Waals surface area contributed by atoms with Gasteiger partial charge in [-0.2, -0.15) is 0 Å². The van der Waals surface area contributed by atoms with Gasteiger partial charge in [0.1, 0.15) is 6.17 Å². The minimum absolute atomic E-state index is 0.0532. The van der Waals surface area contributed by atoms with Gasteiger partial charge in [0, 0.05) is 24.5 Å². The standard InChI is InChI=1S/C6H10FN2/c7-5-1-6(8)3-9-2-4(5)6/h4-5H,1-3,8H2/t4-,5-,6-/m1/s1. The molecule has 2 fully saturated rings. The molecular formula is C6H10FN2. The third-order valence-electron chi connectivity index (χ3n) is 2.48. The summed E-state index contributed by atoms with van der Waals surface area (Å²) in [6.07, 6.45) is -0.137. The monoisotopic (exact) mass is 129 g/mol. The molecule has 3 heteroatoms. The third-order valence-corrected chi connectivity index (χ3v) is 2.48. The van der Waals surface area contributed by atoms with Crippen LogP contribution in [0.5, 0.6) is 0 Å². The molecule has 0 unspecified atom stereocenters. The highest BCUT2D eigenvalue weighted by molar-refractivity contribution is 5.12. The molecule has 9 heavy (non-hydrogen) atoms. The van der Waals surface area contributed by atoms with E-state index in [1.807, 2.05) is 0 Å². The van der Waals surface area contributed by atoms with Gasteiger partial charge in [-0.25, -0.2) is 9.71 Å². The van der Waals surface area contributed by atoms with E-state index >= 15 is 0 Å². The Balaban J connectivity index is 2.13. The van der Waals surface area contributed by atoms with E-state index in [9.17, 15) is 4.39 Å². The second kappa shape index (κ2) is 1.47. The first kappa shape index (κ1) is 5.62. The summed E-state index contributed by atoms with van der Waals surface area (Å²) >= 11 is 0. The van der Waals surface area contributed by atoms with E-state index in [-0.39, 0.29) is 11.5 Å². The van der Waals surface area contributed by atoms with Gasteiger partial charge in [0.2, 0.25) is 0 Å². The summed E-state index contributed by atoms with van der Waals surface area (Å²) in [4.78, 5) is 0. The molecule has 0 spiro atoms. The predicted molar refractivity (Wildman–Crippen MR) is 31.8 cm³/mol. The Bertz CT molecular complexity index is 139. The van der Waals surface area contributed by atoms with Gasteiger partial charge in [0.05, 0.1) is 0 Å². The largest absolute Gasteiger partial charge is 0.324 e. The number of fused-ring (bicyclic) bond motifs is 1. The minimum Gasteiger partial charge on any atom is -0.324 e. The number of hydrogen-bond acceptors (Lipinski definition) is 1. The Morgan fingerprint density at radius 3 is 2.89 bits per heavy atom. The summed E-state index contributed by atoms with van der Waals surface area (Å²) in [5.74, 6) is 0.0532. The molecule has 1 saturated carbocycles. The van der Waals surface area contributed by atoms with Crippen LogP contribution in [0.15, 0.2) is 0 Å². The maximum Gasteiger partial charge on any atom is 0.108 e. The molecule has 2 aliphatic rings. The molecule has 0 amide bonds. The van der Waals surface area contributed by atoms with Gasteiger partial charge in [-0.15, -0.1) is 0 Å². The molecule has 1 heterocycles. The smallest absolute Gasteiger partial charge is 0.108 e. The zero-order valence-electron chi connectivity index (χ0n) is 5.18. The van der Waals surface area contributed by atoms with Crippen LogP contribution in [0.1, 0.15) is 6.42 Å². The van der Waals surface area contributed by atoms with Crippen molar-refractivity contribution < 1.29 is 4.39 Å². The molecule has 1 radical (unpaired) electrons. The van der Waals surface area contributed by atoms with Crippen LogP contribution in [-0.2, 0) is 0 Å².